The van der Waals surface area contributed by atoms with Crippen molar-refractivity contribution in [2.75, 3.05) is 0 Å². The zero-order chi connectivity index (χ0) is 17.0. The number of aromatic nitrogens is 1. The lowest BCUT2D eigenvalue weighted by molar-refractivity contribution is 0.595. The first-order chi connectivity index (χ1) is 11.6. The number of allylic oxidation sites excluding steroid dienone is 1. The first kappa shape index (κ1) is 16.4. The Morgan fingerprint density at radius 1 is 1.04 bits per heavy atom. The van der Waals surface area contributed by atoms with Gasteiger partial charge in [0.2, 0.25) is 4.80 Å². The van der Waals surface area contributed by atoms with E-state index in [0.717, 1.165) is 11.3 Å². The number of benzene rings is 2. The van der Waals surface area contributed by atoms with Crippen molar-refractivity contribution in [1.29, 1.82) is 0 Å². The summed E-state index contributed by atoms with van der Waals surface area (Å²) >= 11 is 1.30. The van der Waals surface area contributed by atoms with Crippen LogP contribution < -0.4 is 4.80 Å². The zero-order valence-corrected chi connectivity index (χ0v) is 14.5. The minimum Gasteiger partial charge on any atom is -0.312 e. The van der Waals surface area contributed by atoms with Crippen molar-refractivity contribution in [3.63, 3.8) is 0 Å². The Morgan fingerprint density at radius 3 is 2.29 bits per heavy atom. The van der Waals surface area contributed by atoms with Gasteiger partial charge in [-0.1, -0.05) is 54.6 Å². The Kier molecular flexibility index (Phi) is 4.78. The maximum atomic E-state index is 12.5. The van der Waals surface area contributed by atoms with E-state index in [-0.39, 0.29) is 4.90 Å². The fourth-order valence-corrected chi connectivity index (χ4v) is 4.45. The molecule has 6 heteroatoms. The van der Waals surface area contributed by atoms with Gasteiger partial charge in [0.25, 0.3) is 10.0 Å². The number of sulfonamides is 1. The number of hydrogen-bond donors (Lipinski definition) is 0. The molecule has 1 aromatic heterocycles. The summed E-state index contributed by atoms with van der Waals surface area (Å²) in [6.07, 6.45) is 1.73. The van der Waals surface area contributed by atoms with Crippen LogP contribution in [0.15, 0.2) is 88.0 Å². The van der Waals surface area contributed by atoms with Crippen LogP contribution in [0.2, 0.25) is 0 Å². The van der Waals surface area contributed by atoms with Crippen molar-refractivity contribution in [2.45, 2.75) is 11.4 Å². The van der Waals surface area contributed by atoms with Gasteiger partial charge in [-0.15, -0.1) is 22.3 Å². The topological polar surface area (TPSA) is 51.4 Å². The van der Waals surface area contributed by atoms with Crippen molar-refractivity contribution >= 4 is 21.4 Å². The number of rotatable bonds is 5. The van der Waals surface area contributed by atoms with Gasteiger partial charge in [0.15, 0.2) is 0 Å². The molecule has 3 aromatic rings. The van der Waals surface area contributed by atoms with E-state index in [1.807, 2.05) is 40.3 Å². The van der Waals surface area contributed by atoms with Crippen LogP contribution in [0.5, 0.6) is 0 Å². The van der Waals surface area contributed by atoms with E-state index in [0.29, 0.717) is 11.3 Å². The Labute approximate surface area is 145 Å². The minimum atomic E-state index is -3.74. The van der Waals surface area contributed by atoms with Gasteiger partial charge >= 0.3 is 0 Å². The van der Waals surface area contributed by atoms with Crippen LogP contribution in [0, 0.1) is 0 Å². The van der Waals surface area contributed by atoms with E-state index >= 15 is 0 Å². The molecule has 0 saturated carbocycles. The van der Waals surface area contributed by atoms with Gasteiger partial charge < -0.3 is 4.57 Å². The fourth-order valence-electron chi connectivity index (χ4n) is 2.30. The largest absolute Gasteiger partial charge is 0.312 e. The summed E-state index contributed by atoms with van der Waals surface area (Å²) in [5.41, 5.74) is 1.93. The average Bonchev–Trinajstić information content (AvgIpc) is 2.99. The molecule has 122 valence electrons. The van der Waals surface area contributed by atoms with E-state index in [1.165, 1.54) is 11.3 Å². The zero-order valence-electron chi connectivity index (χ0n) is 12.9. The predicted octanol–water partition coefficient (Wildman–Crippen LogP) is 3.69. The lowest BCUT2D eigenvalue weighted by Crippen LogP contribution is -2.17. The lowest BCUT2D eigenvalue weighted by atomic mass is 10.2. The van der Waals surface area contributed by atoms with Crippen molar-refractivity contribution in [1.82, 2.24) is 4.57 Å². The molecule has 1 heterocycles. The Hall–Kier alpha value is -2.44. The second-order valence-electron chi connectivity index (χ2n) is 5.05. The smallest absolute Gasteiger partial charge is 0.285 e. The van der Waals surface area contributed by atoms with Crippen LogP contribution in [-0.4, -0.2) is 13.0 Å². The van der Waals surface area contributed by atoms with E-state index in [4.69, 9.17) is 0 Å². The molecule has 0 aliphatic heterocycles. The molecule has 0 amide bonds. The third kappa shape index (κ3) is 3.39. The molecular formula is C18H16N2O2S2. The molecule has 4 nitrogen and oxygen atoms in total. The highest BCUT2D eigenvalue weighted by Crippen LogP contribution is 2.20. The van der Waals surface area contributed by atoms with E-state index < -0.39 is 10.0 Å². The normalized spacial score (nSPS) is 12.2. The molecule has 0 N–H and O–H groups in total. The molecule has 24 heavy (non-hydrogen) atoms. The van der Waals surface area contributed by atoms with Crippen LogP contribution in [0.4, 0.5) is 0 Å². The fraction of sp³-hybridized carbons (Fsp3) is 0.0556. The quantitative estimate of drug-likeness (QED) is 0.655. The minimum absolute atomic E-state index is 0.185. The van der Waals surface area contributed by atoms with E-state index in [1.54, 1.807) is 36.4 Å². The first-order valence-electron chi connectivity index (χ1n) is 7.32. The molecule has 2 aromatic carbocycles. The second kappa shape index (κ2) is 6.98. The molecule has 0 aliphatic carbocycles. The van der Waals surface area contributed by atoms with Crippen molar-refractivity contribution in [3.8, 4) is 11.3 Å². The van der Waals surface area contributed by atoms with Gasteiger partial charge in [-0.05, 0) is 17.7 Å². The Morgan fingerprint density at radius 2 is 1.67 bits per heavy atom. The van der Waals surface area contributed by atoms with Gasteiger partial charge in [-0.2, -0.15) is 8.42 Å². The summed E-state index contributed by atoms with van der Waals surface area (Å²) in [5.74, 6) is 0. The molecule has 0 spiro atoms. The molecule has 3 rings (SSSR count). The summed E-state index contributed by atoms with van der Waals surface area (Å²) in [7, 11) is -3.74. The monoisotopic (exact) mass is 356 g/mol. The molecule has 0 saturated heterocycles. The highest BCUT2D eigenvalue weighted by molar-refractivity contribution is 7.90. The van der Waals surface area contributed by atoms with Gasteiger partial charge in [-0.3, -0.25) is 0 Å². The van der Waals surface area contributed by atoms with Crippen molar-refractivity contribution in [2.24, 2.45) is 4.40 Å². The maximum Gasteiger partial charge on any atom is 0.285 e. The molecule has 0 radical (unpaired) electrons. The highest BCUT2D eigenvalue weighted by atomic mass is 32.2. The number of nitrogens with zero attached hydrogens (tertiary/aromatic N) is 2. The van der Waals surface area contributed by atoms with Crippen molar-refractivity contribution in [3.05, 3.63) is 83.5 Å². The lowest BCUT2D eigenvalue weighted by Gasteiger charge is -2.06. The molecule has 0 aliphatic rings. The number of hydrogen-bond acceptors (Lipinski definition) is 3. The molecule has 0 atom stereocenters. The first-order valence-corrected chi connectivity index (χ1v) is 9.64. The molecule has 0 unspecified atom stereocenters. The summed E-state index contributed by atoms with van der Waals surface area (Å²) in [4.78, 5) is 0.613. The van der Waals surface area contributed by atoms with Crippen LogP contribution in [-0.2, 0) is 16.6 Å². The van der Waals surface area contributed by atoms with Crippen LogP contribution >= 0.6 is 11.3 Å². The third-order valence-electron chi connectivity index (χ3n) is 3.42. The summed E-state index contributed by atoms with van der Waals surface area (Å²) in [6, 6.07) is 18.0. The van der Waals surface area contributed by atoms with Crippen LogP contribution in [0.1, 0.15) is 0 Å². The molecular weight excluding hydrogens is 340 g/mol. The van der Waals surface area contributed by atoms with Gasteiger partial charge in [0, 0.05) is 11.9 Å². The summed E-state index contributed by atoms with van der Waals surface area (Å²) < 4.78 is 30.9. The molecule has 0 fully saturated rings. The van der Waals surface area contributed by atoms with Gasteiger partial charge in [0.05, 0.1) is 10.6 Å². The highest BCUT2D eigenvalue weighted by Gasteiger charge is 2.14. The SMILES string of the molecule is C=CCn1c(-c2ccccc2)csc1=NS(=O)(=O)c1ccccc1. The van der Waals surface area contributed by atoms with Crippen LogP contribution in [0.3, 0.4) is 0 Å². The predicted molar refractivity (Wildman–Crippen MR) is 97.1 cm³/mol. The summed E-state index contributed by atoms with van der Waals surface area (Å²) in [6.45, 7) is 4.24. The Balaban J connectivity index is 2.15. The maximum absolute atomic E-state index is 12.5. The number of thiazole rings is 1. The summed E-state index contributed by atoms with van der Waals surface area (Å²) in [5, 5.41) is 1.91. The second-order valence-corrected chi connectivity index (χ2v) is 7.49. The van der Waals surface area contributed by atoms with E-state index in [2.05, 4.69) is 11.0 Å². The van der Waals surface area contributed by atoms with Gasteiger partial charge in [0.1, 0.15) is 0 Å². The molecule has 0 bridgehead atoms. The average molecular weight is 356 g/mol. The van der Waals surface area contributed by atoms with Crippen LogP contribution in [0.25, 0.3) is 11.3 Å². The van der Waals surface area contributed by atoms with E-state index in [9.17, 15) is 8.42 Å². The standard InChI is InChI=1S/C18H16N2O2S2/c1-2-13-20-17(15-9-5-3-6-10-15)14-23-18(20)19-24(21,22)16-11-7-4-8-12-16/h2-12,14H,1,13H2. The third-order valence-corrected chi connectivity index (χ3v) is 5.68. The van der Waals surface area contributed by atoms with Crippen molar-refractivity contribution < 1.29 is 8.42 Å². The Bertz CT molecular complexity index is 1000. The van der Waals surface area contributed by atoms with Gasteiger partial charge in [-0.25, -0.2) is 0 Å².